The zero-order valence-electron chi connectivity index (χ0n) is 18.8. The summed E-state index contributed by atoms with van der Waals surface area (Å²) in [5.74, 6) is 1.42. The second-order valence-electron chi connectivity index (χ2n) is 8.88. The molecule has 160 valence electrons. The predicted octanol–water partition coefficient (Wildman–Crippen LogP) is 4.71. The van der Waals surface area contributed by atoms with Crippen LogP contribution < -0.4 is 4.74 Å². The molecular formula is C26H35N3O. The molecule has 1 heterocycles. The van der Waals surface area contributed by atoms with Gasteiger partial charge in [-0.3, -0.25) is 4.90 Å². The normalized spacial score (nSPS) is 24.5. The summed E-state index contributed by atoms with van der Waals surface area (Å²) in [5, 5.41) is 9.43. The molecule has 0 spiro atoms. The van der Waals surface area contributed by atoms with Crippen molar-refractivity contribution in [3.63, 3.8) is 0 Å². The molecule has 0 aromatic heterocycles. The van der Waals surface area contributed by atoms with Crippen molar-refractivity contribution in [2.45, 2.75) is 44.7 Å². The molecule has 0 N–H and O–H groups in total. The first-order chi connectivity index (χ1) is 14.5. The summed E-state index contributed by atoms with van der Waals surface area (Å²) >= 11 is 0. The Morgan fingerprint density at radius 2 is 1.83 bits per heavy atom. The van der Waals surface area contributed by atoms with E-state index in [4.69, 9.17) is 4.74 Å². The highest BCUT2D eigenvalue weighted by Gasteiger charge is 2.43. The molecule has 2 aromatic rings. The first-order valence-electron chi connectivity index (χ1n) is 11.0. The molecule has 1 aliphatic heterocycles. The maximum absolute atomic E-state index is 9.43. The van der Waals surface area contributed by atoms with E-state index in [2.05, 4.69) is 79.2 Å². The first kappa shape index (κ1) is 22.3. The van der Waals surface area contributed by atoms with E-state index in [1.165, 1.54) is 11.1 Å². The fourth-order valence-corrected chi connectivity index (χ4v) is 5.00. The average molecular weight is 406 g/mol. The van der Waals surface area contributed by atoms with Crippen molar-refractivity contribution in [3.8, 4) is 11.8 Å². The minimum Gasteiger partial charge on any atom is -0.497 e. The smallest absolute Gasteiger partial charge is 0.118 e. The largest absolute Gasteiger partial charge is 0.497 e. The molecule has 30 heavy (non-hydrogen) atoms. The molecule has 3 atom stereocenters. The number of piperidine rings is 1. The molecule has 4 heteroatoms. The maximum Gasteiger partial charge on any atom is 0.118 e. The number of hydrogen-bond acceptors (Lipinski definition) is 4. The monoisotopic (exact) mass is 405 g/mol. The molecule has 1 aliphatic rings. The number of hydrogen-bond donors (Lipinski definition) is 0. The molecule has 0 radical (unpaired) electrons. The lowest BCUT2D eigenvalue weighted by Crippen LogP contribution is -2.52. The molecule has 1 fully saturated rings. The predicted molar refractivity (Wildman–Crippen MR) is 122 cm³/mol. The molecule has 0 bridgehead atoms. The Morgan fingerprint density at radius 3 is 2.47 bits per heavy atom. The average Bonchev–Trinajstić information content (AvgIpc) is 2.76. The van der Waals surface area contributed by atoms with Crippen LogP contribution in [0.5, 0.6) is 5.75 Å². The Balaban J connectivity index is 1.79. The second kappa shape index (κ2) is 10.1. The topological polar surface area (TPSA) is 39.5 Å². The van der Waals surface area contributed by atoms with E-state index < -0.39 is 0 Å². The maximum atomic E-state index is 9.43. The van der Waals surface area contributed by atoms with Gasteiger partial charge >= 0.3 is 0 Å². The van der Waals surface area contributed by atoms with Gasteiger partial charge in [0.1, 0.15) is 5.75 Å². The number of benzene rings is 2. The molecule has 4 nitrogen and oxygen atoms in total. The van der Waals surface area contributed by atoms with Gasteiger partial charge in [0.25, 0.3) is 0 Å². The van der Waals surface area contributed by atoms with E-state index in [0.717, 1.165) is 38.2 Å². The Kier molecular flexibility index (Phi) is 7.53. The third-order valence-electron chi connectivity index (χ3n) is 7.00. The Hall–Kier alpha value is -2.35. The van der Waals surface area contributed by atoms with Gasteiger partial charge < -0.3 is 9.64 Å². The summed E-state index contributed by atoms with van der Waals surface area (Å²) in [6.45, 7) is 7.98. The number of rotatable bonds is 8. The minimum atomic E-state index is 0.140. The van der Waals surface area contributed by atoms with Crippen molar-refractivity contribution in [1.82, 2.24) is 9.80 Å². The van der Waals surface area contributed by atoms with E-state index in [-0.39, 0.29) is 5.41 Å². The van der Waals surface area contributed by atoms with Crippen LogP contribution in [-0.4, -0.2) is 49.6 Å². The summed E-state index contributed by atoms with van der Waals surface area (Å²) in [7, 11) is 3.92. The number of nitriles is 1. The lowest BCUT2D eigenvalue weighted by Gasteiger charge is -2.50. The SMILES string of the molecule is COc1ccc(CN(CC#N)CC[C@]2(c3ccccc3)C[C@H](C)N(C)C[C@H]2C)cc1. The summed E-state index contributed by atoms with van der Waals surface area (Å²) in [4.78, 5) is 4.76. The number of methoxy groups -OCH3 is 1. The molecule has 2 aromatic carbocycles. The van der Waals surface area contributed by atoms with Crippen LogP contribution in [0.15, 0.2) is 54.6 Å². The third kappa shape index (κ3) is 5.03. The van der Waals surface area contributed by atoms with Crippen LogP contribution in [0, 0.1) is 17.2 Å². The number of ether oxygens (including phenoxy) is 1. The van der Waals surface area contributed by atoms with Crippen molar-refractivity contribution in [1.29, 1.82) is 5.26 Å². The van der Waals surface area contributed by atoms with Crippen LogP contribution in [0.2, 0.25) is 0 Å². The van der Waals surface area contributed by atoms with Gasteiger partial charge in [-0.2, -0.15) is 5.26 Å². The van der Waals surface area contributed by atoms with Crippen LogP contribution in [0.25, 0.3) is 0 Å². The van der Waals surface area contributed by atoms with E-state index in [1.807, 2.05) is 12.1 Å². The summed E-state index contributed by atoms with van der Waals surface area (Å²) < 4.78 is 5.27. The Labute approximate surface area is 182 Å². The zero-order valence-corrected chi connectivity index (χ0v) is 18.8. The second-order valence-corrected chi connectivity index (χ2v) is 8.88. The Bertz CT molecular complexity index is 830. The van der Waals surface area contributed by atoms with E-state index in [9.17, 15) is 5.26 Å². The summed E-state index contributed by atoms with van der Waals surface area (Å²) in [6, 6.07) is 22.1. The van der Waals surface area contributed by atoms with Crippen molar-refractivity contribution in [2.24, 2.45) is 5.92 Å². The van der Waals surface area contributed by atoms with Crippen LogP contribution in [0.3, 0.4) is 0 Å². The molecule has 1 saturated heterocycles. The fraction of sp³-hybridized carbons (Fsp3) is 0.500. The fourth-order valence-electron chi connectivity index (χ4n) is 5.00. The van der Waals surface area contributed by atoms with Crippen molar-refractivity contribution >= 4 is 0 Å². The first-order valence-corrected chi connectivity index (χ1v) is 11.0. The molecule has 0 aliphatic carbocycles. The van der Waals surface area contributed by atoms with Gasteiger partial charge in [0.2, 0.25) is 0 Å². The van der Waals surface area contributed by atoms with Gasteiger partial charge in [0, 0.05) is 31.1 Å². The number of nitrogens with zero attached hydrogens (tertiary/aromatic N) is 3. The van der Waals surface area contributed by atoms with Gasteiger partial charge in [-0.25, -0.2) is 0 Å². The lowest BCUT2D eigenvalue weighted by molar-refractivity contribution is 0.0612. The van der Waals surface area contributed by atoms with E-state index >= 15 is 0 Å². The van der Waals surface area contributed by atoms with Gasteiger partial charge in [-0.1, -0.05) is 49.4 Å². The van der Waals surface area contributed by atoms with Crippen LogP contribution in [0.1, 0.15) is 37.8 Å². The van der Waals surface area contributed by atoms with E-state index in [1.54, 1.807) is 7.11 Å². The van der Waals surface area contributed by atoms with Gasteiger partial charge in [0.15, 0.2) is 0 Å². The van der Waals surface area contributed by atoms with Gasteiger partial charge in [-0.15, -0.1) is 0 Å². The highest BCUT2D eigenvalue weighted by Crippen LogP contribution is 2.44. The van der Waals surface area contributed by atoms with Crippen LogP contribution >= 0.6 is 0 Å². The quantitative estimate of drug-likeness (QED) is 0.596. The Morgan fingerprint density at radius 1 is 1.13 bits per heavy atom. The summed E-state index contributed by atoms with van der Waals surface area (Å²) in [6.07, 6.45) is 2.21. The summed E-state index contributed by atoms with van der Waals surface area (Å²) in [5.41, 5.74) is 2.80. The van der Waals surface area contributed by atoms with Crippen molar-refractivity contribution in [3.05, 3.63) is 65.7 Å². The van der Waals surface area contributed by atoms with Crippen LogP contribution in [-0.2, 0) is 12.0 Å². The third-order valence-corrected chi connectivity index (χ3v) is 7.00. The molecule has 3 rings (SSSR count). The minimum absolute atomic E-state index is 0.140. The van der Waals surface area contributed by atoms with Crippen molar-refractivity contribution < 1.29 is 4.74 Å². The van der Waals surface area contributed by atoms with Crippen molar-refractivity contribution in [2.75, 3.05) is 33.8 Å². The number of likely N-dealkylation sites (tertiary alicyclic amines) is 1. The lowest BCUT2D eigenvalue weighted by atomic mass is 9.63. The van der Waals surface area contributed by atoms with Gasteiger partial charge in [0.05, 0.1) is 19.7 Å². The molecule has 0 saturated carbocycles. The highest BCUT2D eigenvalue weighted by molar-refractivity contribution is 5.29. The molecular weight excluding hydrogens is 370 g/mol. The van der Waals surface area contributed by atoms with E-state index in [0.29, 0.717) is 18.5 Å². The van der Waals surface area contributed by atoms with Gasteiger partial charge in [-0.05, 0) is 56.0 Å². The molecule has 0 unspecified atom stereocenters. The molecule has 0 amide bonds. The standard InChI is InChI=1S/C26H35N3O/c1-21-19-28(3)22(2)18-26(21,24-8-6-5-7-9-24)14-16-29(17-15-27)20-23-10-12-25(30-4)13-11-23/h5-13,21-22H,14,16-20H2,1-4H3/t21-,22+,26+/m1/s1. The highest BCUT2D eigenvalue weighted by atomic mass is 16.5. The van der Waals surface area contributed by atoms with Crippen LogP contribution in [0.4, 0.5) is 0 Å². The zero-order chi connectivity index (χ0) is 21.6.